The Bertz CT molecular complexity index is 95.0. The molecular formula is C6H13NO3. The van der Waals surface area contributed by atoms with E-state index in [2.05, 4.69) is 4.89 Å². The predicted octanol–water partition coefficient (Wildman–Crippen LogP) is 0.522. The van der Waals surface area contributed by atoms with Crippen molar-refractivity contribution >= 4 is 5.97 Å². The van der Waals surface area contributed by atoms with Gasteiger partial charge in [0.25, 0.3) is 0 Å². The fraction of sp³-hybridized carbons (Fsp3) is 0.833. The lowest BCUT2D eigenvalue weighted by Gasteiger charge is -1.95. The molecular weight excluding hydrogens is 134 g/mol. The van der Waals surface area contributed by atoms with Gasteiger partial charge in [0.1, 0.15) is 0 Å². The van der Waals surface area contributed by atoms with Gasteiger partial charge in [-0.3, -0.25) is 0 Å². The maximum atomic E-state index is 10.3. The second-order valence-electron chi connectivity index (χ2n) is 2.06. The zero-order chi connectivity index (χ0) is 7.82. The summed E-state index contributed by atoms with van der Waals surface area (Å²) < 4.78 is 0. The Morgan fingerprint density at radius 3 is 2.60 bits per heavy atom. The largest absolute Gasteiger partial charge is 0.342 e. The van der Waals surface area contributed by atoms with Crippen LogP contribution < -0.4 is 5.73 Å². The molecule has 0 heterocycles. The molecule has 0 aliphatic rings. The number of nitrogens with two attached hydrogens (primary N) is 1. The highest BCUT2D eigenvalue weighted by molar-refractivity contribution is 5.68. The van der Waals surface area contributed by atoms with Gasteiger partial charge in [-0.2, -0.15) is 5.26 Å². The Morgan fingerprint density at radius 1 is 1.40 bits per heavy atom. The number of rotatable bonds is 5. The summed E-state index contributed by atoms with van der Waals surface area (Å²) in [6.45, 7) is 0.647. The molecule has 60 valence electrons. The van der Waals surface area contributed by atoms with Crippen molar-refractivity contribution in [2.45, 2.75) is 25.7 Å². The van der Waals surface area contributed by atoms with E-state index in [0.717, 1.165) is 19.3 Å². The van der Waals surface area contributed by atoms with Gasteiger partial charge in [-0.25, -0.2) is 4.79 Å². The molecule has 0 unspecified atom stereocenters. The molecule has 0 fully saturated rings. The van der Waals surface area contributed by atoms with Crippen LogP contribution in [0.15, 0.2) is 0 Å². The number of carbonyl (C=O) groups excluding carboxylic acids is 1. The van der Waals surface area contributed by atoms with E-state index in [4.69, 9.17) is 11.0 Å². The van der Waals surface area contributed by atoms with Crippen LogP contribution in [-0.4, -0.2) is 17.8 Å². The molecule has 0 saturated carbocycles. The third-order valence-electron chi connectivity index (χ3n) is 1.19. The first-order valence-corrected chi connectivity index (χ1v) is 3.35. The molecule has 0 bridgehead atoms. The van der Waals surface area contributed by atoms with Crippen LogP contribution in [0, 0.1) is 0 Å². The minimum atomic E-state index is -0.572. The monoisotopic (exact) mass is 147 g/mol. The van der Waals surface area contributed by atoms with Gasteiger partial charge in [-0.1, -0.05) is 6.42 Å². The highest BCUT2D eigenvalue weighted by atomic mass is 17.1. The molecule has 10 heavy (non-hydrogen) atoms. The second-order valence-corrected chi connectivity index (χ2v) is 2.06. The van der Waals surface area contributed by atoms with Crippen LogP contribution in [-0.2, 0) is 9.68 Å². The molecule has 0 aliphatic heterocycles. The van der Waals surface area contributed by atoms with Crippen molar-refractivity contribution < 1.29 is 14.9 Å². The van der Waals surface area contributed by atoms with Crippen LogP contribution in [0.2, 0.25) is 0 Å². The summed E-state index contributed by atoms with van der Waals surface area (Å²) in [4.78, 5) is 13.7. The number of unbranched alkanes of at least 4 members (excludes halogenated alkanes) is 2. The van der Waals surface area contributed by atoms with Crippen LogP contribution in [0.5, 0.6) is 0 Å². The molecule has 4 nitrogen and oxygen atoms in total. The second kappa shape index (κ2) is 6.51. The topological polar surface area (TPSA) is 72.6 Å². The van der Waals surface area contributed by atoms with Gasteiger partial charge in [0.2, 0.25) is 0 Å². The van der Waals surface area contributed by atoms with Crippen LogP contribution in [0.25, 0.3) is 0 Å². The average Bonchev–Trinajstić information content (AvgIpc) is 1.98. The summed E-state index contributed by atoms with van der Waals surface area (Å²) in [7, 11) is 0. The maximum absolute atomic E-state index is 10.3. The van der Waals surface area contributed by atoms with E-state index in [9.17, 15) is 4.79 Å². The Kier molecular flexibility index (Phi) is 6.11. The van der Waals surface area contributed by atoms with E-state index in [1.165, 1.54) is 0 Å². The molecule has 3 N–H and O–H groups in total. The Balaban J connectivity index is 2.96. The maximum Gasteiger partial charge on any atom is 0.342 e. The van der Waals surface area contributed by atoms with Gasteiger partial charge < -0.3 is 10.6 Å². The van der Waals surface area contributed by atoms with Crippen LogP contribution >= 0.6 is 0 Å². The standard InChI is InChI=1S/C6H13NO3/c7-5-3-1-2-4-6(8)10-9/h9H,1-5,7H2. The SMILES string of the molecule is NCCCCCC(=O)OO. The van der Waals surface area contributed by atoms with Crippen molar-refractivity contribution in [3.05, 3.63) is 0 Å². The molecule has 4 heteroatoms. The number of hydrogen-bond donors (Lipinski definition) is 2. The third-order valence-corrected chi connectivity index (χ3v) is 1.19. The van der Waals surface area contributed by atoms with Crippen molar-refractivity contribution in [3.8, 4) is 0 Å². The lowest BCUT2D eigenvalue weighted by molar-refractivity contribution is -0.234. The van der Waals surface area contributed by atoms with E-state index in [1.54, 1.807) is 0 Å². The summed E-state index contributed by atoms with van der Waals surface area (Å²) in [6, 6.07) is 0. The van der Waals surface area contributed by atoms with Gasteiger partial charge in [0.05, 0.1) is 0 Å². The quantitative estimate of drug-likeness (QED) is 0.338. The highest BCUT2D eigenvalue weighted by Crippen LogP contribution is 1.98. The number of carbonyl (C=O) groups is 1. The molecule has 0 aliphatic carbocycles. The van der Waals surface area contributed by atoms with E-state index in [-0.39, 0.29) is 6.42 Å². The van der Waals surface area contributed by atoms with Gasteiger partial charge in [0.15, 0.2) is 0 Å². The van der Waals surface area contributed by atoms with Crippen LogP contribution in [0.3, 0.4) is 0 Å². The molecule has 0 aromatic heterocycles. The fourth-order valence-corrected chi connectivity index (χ4v) is 0.636. The molecule has 0 rings (SSSR count). The average molecular weight is 147 g/mol. The molecule has 0 spiro atoms. The first-order chi connectivity index (χ1) is 4.81. The van der Waals surface area contributed by atoms with Gasteiger partial charge in [-0.05, 0) is 19.4 Å². The van der Waals surface area contributed by atoms with Crippen molar-refractivity contribution in [2.75, 3.05) is 6.54 Å². The molecule has 0 aromatic carbocycles. The lowest BCUT2D eigenvalue weighted by Crippen LogP contribution is -2.02. The summed E-state index contributed by atoms with van der Waals surface area (Å²) in [5, 5.41) is 7.82. The minimum absolute atomic E-state index is 0.274. The van der Waals surface area contributed by atoms with E-state index < -0.39 is 5.97 Å². The third kappa shape index (κ3) is 5.53. The number of hydrogen-bond acceptors (Lipinski definition) is 4. The Hall–Kier alpha value is -0.610. The van der Waals surface area contributed by atoms with Crippen LogP contribution in [0.1, 0.15) is 25.7 Å². The lowest BCUT2D eigenvalue weighted by atomic mass is 10.2. The smallest absolute Gasteiger partial charge is 0.330 e. The molecule has 0 aromatic rings. The predicted molar refractivity (Wildman–Crippen MR) is 36.2 cm³/mol. The van der Waals surface area contributed by atoms with Gasteiger partial charge >= 0.3 is 5.97 Å². The van der Waals surface area contributed by atoms with E-state index >= 15 is 0 Å². The summed E-state index contributed by atoms with van der Waals surface area (Å²) in [5.41, 5.74) is 5.21. The normalized spacial score (nSPS) is 9.40. The van der Waals surface area contributed by atoms with Gasteiger partial charge in [0, 0.05) is 6.42 Å². The van der Waals surface area contributed by atoms with Gasteiger partial charge in [-0.15, -0.1) is 0 Å². The molecule has 0 amide bonds. The first-order valence-electron chi connectivity index (χ1n) is 3.35. The zero-order valence-electron chi connectivity index (χ0n) is 5.88. The van der Waals surface area contributed by atoms with Crippen molar-refractivity contribution in [1.82, 2.24) is 0 Å². The fourth-order valence-electron chi connectivity index (χ4n) is 0.636. The molecule has 0 atom stereocenters. The van der Waals surface area contributed by atoms with Crippen molar-refractivity contribution in [3.63, 3.8) is 0 Å². The summed E-state index contributed by atoms with van der Waals surface area (Å²) >= 11 is 0. The van der Waals surface area contributed by atoms with Crippen LogP contribution in [0.4, 0.5) is 0 Å². The highest BCUT2D eigenvalue weighted by Gasteiger charge is 1.99. The Morgan fingerprint density at radius 2 is 2.10 bits per heavy atom. The minimum Gasteiger partial charge on any atom is -0.330 e. The van der Waals surface area contributed by atoms with E-state index in [1.807, 2.05) is 0 Å². The molecule has 0 radical (unpaired) electrons. The molecule has 0 saturated heterocycles. The summed E-state index contributed by atoms with van der Waals surface area (Å²) in [5.74, 6) is -0.572. The van der Waals surface area contributed by atoms with E-state index in [0.29, 0.717) is 6.54 Å². The zero-order valence-corrected chi connectivity index (χ0v) is 5.88. The first kappa shape index (κ1) is 9.39. The summed E-state index contributed by atoms with van der Waals surface area (Å²) in [6.07, 6.45) is 2.83. The van der Waals surface area contributed by atoms with Crippen molar-refractivity contribution in [1.29, 1.82) is 0 Å². The van der Waals surface area contributed by atoms with Crippen molar-refractivity contribution in [2.24, 2.45) is 5.73 Å². The Labute approximate surface area is 59.9 Å².